The van der Waals surface area contributed by atoms with E-state index in [2.05, 4.69) is 30.9 Å². The van der Waals surface area contributed by atoms with E-state index in [1.54, 1.807) is 6.33 Å². The van der Waals surface area contributed by atoms with Gasteiger partial charge in [-0.15, -0.1) is 0 Å². The molecule has 1 saturated heterocycles. The van der Waals surface area contributed by atoms with Crippen molar-refractivity contribution in [1.29, 1.82) is 0 Å². The molecule has 3 unspecified atom stereocenters. The molecule has 1 aromatic heterocycles. The van der Waals surface area contributed by atoms with E-state index in [1.165, 1.54) is 5.75 Å². The van der Waals surface area contributed by atoms with Crippen LogP contribution < -0.4 is 0 Å². The highest BCUT2D eigenvalue weighted by Gasteiger charge is 2.31. The molecule has 0 radical (unpaired) electrons. The van der Waals surface area contributed by atoms with Gasteiger partial charge >= 0.3 is 0 Å². The Balaban J connectivity index is 2.03. The highest BCUT2D eigenvalue weighted by Crippen LogP contribution is 2.35. The third kappa shape index (κ3) is 3.67. The van der Waals surface area contributed by atoms with E-state index in [9.17, 15) is 5.11 Å². The molecule has 1 N–H and O–H groups in total. The lowest BCUT2D eigenvalue weighted by molar-refractivity contribution is 0.165. The van der Waals surface area contributed by atoms with Crippen LogP contribution in [0.3, 0.4) is 0 Å². The van der Waals surface area contributed by atoms with Crippen molar-refractivity contribution in [2.75, 3.05) is 11.5 Å². The Morgan fingerprint density at radius 2 is 2.16 bits per heavy atom. The number of rotatable bonds is 5. The minimum Gasteiger partial charge on any atom is -0.391 e. The predicted octanol–water partition coefficient (Wildman–Crippen LogP) is 2.39. The second kappa shape index (κ2) is 6.99. The van der Waals surface area contributed by atoms with Crippen LogP contribution in [0.5, 0.6) is 0 Å². The predicted molar refractivity (Wildman–Crippen MR) is 82.9 cm³/mol. The Morgan fingerprint density at radius 3 is 2.84 bits per heavy atom. The minimum atomic E-state index is -0.329. The summed E-state index contributed by atoms with van der Waals surface area (Å²) in [7, 11) is 0. The summed E-state index contributed by atoms with van der Waals surface area (Å²) in [6.07, 6.45) is 2.98. The molecule has 3 atom stereocenters. The number of aliphatic hydroxyl groups is 1. The van der Waals surface area contributed by atoms with Crippen molar-refractivity contribution in [3.63, 3.8) is 0 Å². The summed E-state index contributed by atoms with van der Waals surface area (Å²) in [4.78, 5) is 4.30. The van der Waals surface area contributed by atoms with E-state index in [-0.39, 0.29) is 6.10 Å². The zero-order chi connectivity index (χ0) is 13.8. The van der Waals surface area contributed by atoms with Crippen LogP contribution in [0.1, 0.15) is 39.1 Å². The Hall–Kier alpha value is -0.200. The maximum atomic E-state index is 10.5. The molecule has 0 bridgehead atoms. The maximum Gasteiger partial charge on any atom is 0.138 e. The molecule has 0 aromatic carbocycles. The van der Waals surface area contributed by atoms with Crippen molar-refractivity contribution in [1.82, 2.24) is 14.8 Å². The number of aliphatic hydroxyl groups excluding tert-OH is 1. The molecule has 0 spiro atoms. The zero-order valence-electron chi connectivity index (χ0n) is 11.8. The highest BCUT2D eigenvalue weighted by molar-refractivity contribution is 8.07. The first-order valence-corrected chi connectivity index (χ1v) is 9.02. The SMILES string of the molecule is CCC1SCCSC1C(O)Cc1ncnn1C(C)C. The van der Waals surface area contributed by atoms with Gasteiger partial charge in [0.25, 0.3) is 0 Å². The second-order valence-electron chi connectivity index (χ2n) is 5.14. The Bertz CT molecular complexity index is 397. The third-order valence-corrected chi connectivity index (χ3v) is 6.79. The monoisotopic (exact) mass is 301 g/mol. The molecule has 4 nitrogen and oxygen atoms in total. The lowest BCUT2D eigenvalue weighted by atomic mass is 10.1. The zero-order valence-corrected chi connectivity index (χ0v) is 13.5. The summed E-state index contributed by atoms with van der Waals surface area (Å²) in [5.41, 5.74) is 0. The largest absolute Gasteiger partial charge is 0.391 e. The maximum absolute atomic E-state index is 10.5. The molecular formula is C13H23N3OS2. The van der Waals surface area contributed by atoms with Gasteiger partial charge in [-0.3, -0.25) is 0 Å². The summed E-state index contributed by atoms with van der Waals surface area (Å²) in [6, 6.07) is 0.292. The van der Waals surface area contributed by atoms with E-state index in [4.69, 9.17) is 0 Å². The third-order valence-electron chi connectivity index (χ3n) is 3.40. The molecule has 6 heteroatoms. The first-order chi connectivity index (χ1) is 9.13. The van der Waals surface area contributed by atoms with Crippen LogP contribution >= 0.6 is 23.5 Å². The highest BCUT2D eigenvalue weighted by atomic mass is 32.2. The summed E-state index contributed by atoms with van der Waals surface area (Å²) >= 11 is 3.91. The van der Waals surface area contributed by atoms with Crippen molar-refractivity contribution in [3.05, 3.63) is 12.2 Å². The summed E-state index contributed by atoms with van der Waals surface area (Å²) in [5, 5.41) is 15.7. The first-order valence-electron chi connectivity index (χ1n) is 6.93. The quantitative estimate of drug-likeness (QED) is 0.905. The number of thioether (sulfide) groups is 2. The smallest absolute Gasteiger partial charge is 0.138 e. The average Bonchev–Trinajstić information content (AvgIpc) is 2.87. The van der Waals surface area contributed by atoms with Crippen molar-refractivity contribution < 1.29 is 5.11 Å². The fourth-order valence-electron chi connectivity index (χ4n) is 2.45. The summed E-state index contributed by atoms with van der Waals surface area (Å²) < 4.78 is 1.91. The van der Waals surface area contributed by atoms with E-state index in [0.717, 1.165) is 18.0 Å². The fraction of sp³-hybridized carbons (Fsp3) is 0.846. The van der Waals surface area contributed by atoms with Gasteiger partial charge in [-0.25, -0.2) is 9.67 Å². The van der Waals surface area contributed by atoms with Gasteiger partial charge in [0.05, 0.1) is 6.10 Å². The van der Waals surface area contributed by atoms with Crippen LogP contribution in [0.4, 0.5) is 0 Å². The molecule has 0 saturated carbocycles. The molecule has 19 heavy (non-hydrogen) atoms. The van der Waals surface area contributed by atoms with Gasteiger partial charge in [0.2, 0.25) is 0 Å². The van der Waals surface area contributed by atoms with Crippen LogP contribution in [0.2, 0.25) is 0 Å². The van der Waals surface area contributed by atoms with Crippen LogP contribution in [0.25, 0.3) is 0 Å². The molecule has 108 valence electrons. The number of hydrogen-bond acceptors (Lipinski definition) is 5. The Morgan fingerprint density at radius 1 is 1.42 bits per heavy atom. The van der Waals surface area contributed by atoms with E-state index >= 15 is 0 Å². The van der Waals surface area contributed by atoms with Crippen molar-refractivity contribution >= 4 is 23.5 Å². The Labute approximate surface area is 123 Å². The standard InChI is InChI=1S/C13H23N3OS2/c1-4-11-13(19-6-5-18-11)10(17)7-12-14-8-15-16(12)9(2)3/h8-11,13,17H,4-7H2,1-3H3. The molecule has 0 aliphatic carbocycles. The molecule has 1 aliphatic rings. The molecular weight excluding hydrogens is 278 g/mol. The first kappa shape index (κ1) is 15.2. The topological polar surface area (TPSA) is 50.9 Å². The van der Waals surface area contributed by atoms with Gasteiger partial charge < -0.3 is 5.11 Å². The number of hydrogen-bond donors (Lipinski definition) is 1. The fourth-order valence-corrected chi connectivity index (χ4v) is 5.60. The number of nitrogens with zero attached hydrogens (tertiary/aromatic N) is 3. The summed E-state index contributed by atoms with van der Waals surface area (Å²) in [6.45, 7) is 6.38. The lowest BCUT2D eigenvalue weighted by Gasteiger charge is -2.33. The van der Waals surface area contributed by atoms with Gasteiger partial charge in [0.15, 0.2) is 0 Å². The molecule has 0 amide bonds. The normalized spacial score (nSPS) is 25.7. The van der Waals surface area contributed by atoms with Crippen LogP contribution in [0.15, 0.2) is 6.33 Å². The van der Waals surface area contributed by atoms with Gasteiger partial charge in [-0.2, -0.15) is 28.6 Å². The van der Waals surface area contributed by atoms with E-state index in [0.29, 0.717) is 23.0 Å². The number of aromatic nitrogens is 3. The molecule has 2 rings (SSSR count). The van der Waals surface area contributed by atoms with Gasteiger partial charge in [-0.05, 0) is 20.3 Å². The second-order valence-corrected chi connectivity index (χ2v) is 7.77. The van der Waals surface area contributed by atoms with Crippen molar-refractivity contribution in [2.24, 2.45) is 0 Å². The lowest BCUT2D eigenvalue weighted by Crippen LogP contribution is -2.38. The molecule has 1 fully saturated rings. The molecule has 2 heterocycles. The van der Waals surface area contributed by atoms with Crippen molar-refractivity contribution in [3.8, 4) is 0 Å². The van der Waals surface area contributed by atoms with Gasteiger partial charge in [0.1, 0.15) is 12.2 Å². The van der Waals surface area contributed by atoms with Gasteiger partial charge in [-0.1, -0.05) is 6.92 Å². The van der Waals surface area contributed by atoms with E-state index < -0.39 is 0 Å². The van der Waals surface area contributed by atoms with Gasteiger partial charge in [0, 0.05) is 34.5 Å². The summed E-state index contributed by atoms with van der Waals surface area (Å²) in [5.74, 6) is 3.24. The van der Waals surface area contributed by atoms with Crippen LogP contribution in [0, 0.1) is 0 Å². The van der Waals surface area contributed by atoms with Crippen LogP contribution in [-0.2, 0) is 6.42 Å². The average molecular weight is 301 g/mol. The minimum absolute atomic E-state index is 0.292. The van der Waals surface area contributed by atoms with E-state index in [1.807, 2.05) is 28.2 Å². The Kier molecular flexibility index (Phi) is 5.59. The molecule has 1 aliphatic heterocycles. The van der Waals surface area contributed by atoms with Crippen molar-refractivity contribution in [2.45, 2.75) is 56.3 Å². The van der Waals surface area contributed by atoms with Crippen LogP contribution in [-0.4, -0.2) is 48.0 Å². The molecule has 1 aromatic rings.